The second-order valence-electron chi connectivity index (χ2n) is 5.29. The summed E-state index contributed by atoms with van der Waals surface area (Å²) in [6.07, 6.45) is 5.55. The number of ether oxygens (including phenoxy) is 1. The molecule has 1 fully saturated rings. The fourth-order valence-electron chi connectivity index (χ4n) is 3.06. The Morgan fingerprint density at radius 2 is 2.00 bits per heavy atom. The first-order chi connectivity index (χ1) is 8.72. The normalized spacial score (nSPS) is 18.8. The molecule has 0 saturated heterocycles. The smallest absolute Gasteiger partial charge is 0.127 e. The van der Waals surface area contributed by atoms with Crippen molar-refractivity contribution in [2.24, 2.45) is 5.73 Å². The van der Waals surface area contributed by atoms with Gasteiger partial charge in [-0.05, 0) is 30.0 Å². The number of hydrogen-bond acceptors (Lipinski definition) is 2. The monoisotopic (exact) mass is 251 g/mol. The zero-order valence-electron chi connectivity index (χ0n) is 11.0. The van der Waals surface area contributed by atoms with Gasteiger partial charge in [0.2, 0.25) is 0 Å². The van der Waals surface area contributed by atoms with Gasteiger partial charge in [0.25, 0.3) is 0 Å². The Balaban J connectivity index is 2.30. The fourth-order valence-corrected chi connectivity index (χ4v) is 3.06. The Morgan fingerprint density at radius 3 is 2.56 bits per heavy atom. The minimum absolute atomic E-state index is 0.128. The lowest BCUT2D eigenvalue weighted by molar-refractivity contribution is 0.184. The van der Waals surface area contributed by atoms with E-state index in [-0.39, 0.29) is 11.2 Å². The van der Waals surface area contributed by atoms with Gasteiger partial charge in [-0.2, -0.15) is 0 Å². The molecule has 2 N–H and O–H groups in total. The lowest BCUT2D eigenvalue weighted by Gasteiger charge is -2.37. The van der Waals surface area contributed by atoms with Gasteiger partial charge in [0.15, 0.2) is 0 Å². The third-order valence-corrected chi connectivity index (χ3v) is 4.12. The first kappa shape index (κ1) is 13.5. The Morgan fingerprint density at radius 1 is 1.28 bits per heavy atom. The molecule has 0 atom stereocenters. The molecule has 0 radical (unpaired) electrons. The molecule has 1 aromatic carbocycles. The molecule has 18 heavy (non-hydrogen) atoms. The van der Waals surface area contributed by atoms with Crippen molar-refractivity contribution in [2.75, 3.05) is 13.7 Å². The minimum atomic E-state index is -0.145. The van der Waals surface area contributed by atoms with Crippen LogP contribution in [0.5, 0.6) is 0 Å². The zero-order valence-corrected chi connectivity index (χ0v) is 11.0. The van der Waals surface area contributed by atoms with Crippen molar-refractivity contribution in [1.29, 1.82) is 0 Å². The molecule has 1 saturated carbocycles. The molecule has 0 unspecified atom stereocenters. The number of halogens is 1. The lowest BCUT2D eigenvalue weighted by Crippen LogP contribution is -2.38. The van der Waals surface area contributed by atoms with Gasteiger partial charge < -0.3 is 10.5 Å². The quantitative estimate of drug-likeness (QED) is 0.892. The fraction of sp³-hybridized carbons (Fsp3) is 0.600. The van der Waals surface area contributed by atoms with Crippen LogP contribution >= 0.6 is 0 Å². The average molecular weight is 251 g/mol. The van der Waals surface area contributed by atoms with Crippen LogP contribution in [0, 0.1) is 5.82 Å². The summed E-state index contributed by atoms with van der Waals surface area (Å²) in [4.78, 5) is 0. The van der Waals surface area contributed by atoms with Crippen LogP contribution in [-0.4, -0.2) is 13.7 Å². The third-order valence-electron chi connectivity index (χ3n) is 4.12. The van der Waals surface area contributed by atoms with E-state index in [0.717, 1.165) is 36.8 Å². The molecule has 0 spiro atoms. The summed E-state index contributed by atoms with van der Waals surface area (Å²) >= 11 is 0. The predicted molar refractivity (Wildman–Crippen MR) is 70.9 cm³/mol. The molecular formula is C15H22FNO. The van der Waals surface area contributed by atoms with E-state index in [1.807, 2.05) is 12.1 Å². The molecule has 100 valence electrons. The Hall–Kier alpha value is -0.930. The van der Waals surface area contributed by atoms with Crippen LogP contribution in [0.3, 0.4) is 0 Å². The van der Waals surface area contributed by atoms with E-state index in [9.17, 15) is 4.39 Å². The number of benzene rings is 1. The summed E-state index contributed by atoms with van der Waals surface area (Å²) in [6, 6.07) is 5.45. The van der Waals surface area contributed by atoms with E-state index in [2.05, 4.69) is 0 Å². The number of nitrogens with two attached hydrogens (primary N) is 1. The molecule has 2 rings (SSSR count). The maximum Gasteiger partial charge on any atom is 0.127 e. The van der Waals surface area contributed by atoms with E-state index in [0.29, 0.717) is 13.2 Å². The second-order valence-corrected chi connectivity index (χ2v) is 5.29. The van der Waals surface area contributed by atoms with E-state index in [1.165, 1.54) is 6.42 Å². The Labute approximate surface area is 108 Å². The van der Waals surface area contributed by atoms with Crippen LogP contribution < -0.4 is 5.73 Å². The topological polar surface area (TPSA) is 35.2 Å². The third kappa shape index (κ3) is 2.57. The first-order valence-corrected chi connectivity index (χ1v) is 6.70. The lowest BCUT2D eigenvalue weighted by atomic mass is 9.69. The second kappa shape index (κ2) is 5.81. The van der Waals surface area contributed by atoms with E-state index in [1.54, 1.807) is 13.2 Å². The molecule has 0 amide bonds. The Kier molecular flexibility index (Phi) is 4.36. The van der Waals surface area contributed by atoms with Crippen molar-refractivity contribution in [2.45, 2.75) is 44.1 Å². The van der Waals surface area contributed by atoms with Crippen LogP contribution in [0.1, 0.15) is 43.2 Å². The molecule has 3 heteroatoms. The molecule has 0 heterocycles. The number of rotatable bonds is 4. The van der Waals surface area contributed by atoms with Crippen molar-refractivity contribution in [1.82, 2.24) is 0 Å². The highest BCUT2D eigenvalue weighted by Crippen LogP contribution is 2.39. The molecule has 0 aromatic heterocycles. The van der Waals surface area contributed by atoms with E-state index in [4.69, 9.17) is 10.5 Å². The molecule has 0 aliphatic heterocycles. The first-order valence-electron chi connectivity index (χ1n) is 6.70. The van der Waals surface area contributed by atoms with Crippen LogP contribution in [0.25, 0.3) is 0 Å². The summed E-state index contributed by atoms with van der Waals surface area (Å²) < 4.78 is 19.3. The van der Waals surface area contributed by atoms with Crippen LogP contribution in [0.15, 0.2) is 18.2 Å². The van der Waals surface area contributed by atoms with Crippen molar-refractivity contribution in [3.05, 3.63) is 35.1 Å². The van der Waals surface area contributed by atoms with Crippen molar-refractivity contribution >= 4 is 0 Å². The zero-order chi connectivity index (χ0) is 13.0. The maximum atomic E-state index is 14.3. The van der Waals surface area contributed by atoms with Gasteiger partial charge in [0.1, 0.15) is 5.82 Å². The average Bonchev–Trinajstić information content (AvgIpc) is 2.40. The highest BCUT2D eigenvalue weighted by molar-refractivity contribution is 5.31. The van der Waals surface area contributed by atoms with E-state index >= 15 is 0 Å². The van der Waals surface area contributed by atoms with Gasteiger partial charge in [-0.25, -0.2) is 4.39 Å². The predicted octanol–water partition coefficient (Wildman–Crippen LogP) is 3.13. The molecule has 1 aliphatic rings. The van der Waals surface area contributed by atoms with Gasteiger partial charge >= 0.3 is 0 Å². The van der Waals surface area contributed by atoms with Gasteiger partial charge in [-0.1, -0.05) is 31.4 Å². The summed E-state index contributed by atoms with van der Waals surface area (Å²) in [7, 11) is 1.62. The van der Waals surface area contributed by atoms with Crippen LogP contribution in [0.2, 0.25) is 0 Å². The maximum absolute atomic E-state index is 14.3. The summed E-state index contributed by atoms with van der Waals surface area (Å²) in [5.74, 6) is -0.128. The minimum Gasteiger partial charge on any atom is -0.380 e. The highest BCUT2D eigenvalue weighted by atomic mass is 19.1. The van der Waals surface area contributed by atoms with Crippen LogP contribution in [-0.2, 0) is 16.8 Å². The SMILES string of the molecule is COCc1ccc(C2(CN)CCCCC2)c(F)c1. The van der Waals surface area contributed by atoms with Gasteiger partial charge in [0, 0.05) is 19.1 Å². The molecule has 1 aliphatic carbocycles. The molecular weight excluding hydrogens is 229 g/mol. The standard InChI is InChI=1S/C15H22FNO/c1-18-10-12-5-6-13(14(16)9-12)15(11-17)7-3-2-4-8-15/h5-6,9H,2-4,7-8,10-11,17H2,1H3. The summed E-state index contributed by atoms with van der Waals surface area (Å²) in [5.41, 5.74) is 7.47. The van der Waals surface area contributed by atoms with E-state index < -0.39 is 0 Å². The van der Waals surface area contributed by atoms with Gasteiger partial charge in [-0.15, -0.1) is 0 Å². The van der Waals surface area contributed by atoms with Crippen molar-refractivity contribution in [3.8, 4) is 0 Å². The molecule has 1 aromatic rings. The van der Waals surface area contributed by atoms with Gasteiger partial charge in [-0.3, -0.25) is 0 Å². The summed E-state index contributed by atoms with van der Waals surface area (Å²) in [5, 5.41) is 0. The largest absolute Gasteiger partial charge is 0.380 e. The highest BCUT2D eigenvalue weighted by Gasteiger charge is 2.34. The Bertz CT molecular complexity index is 399. The molecule has 0 bridgehead atoms. The van der Waals surface area contributed by atoms with Crippen molar-refractivity contribution < 1.29 is 9.13 Å². The number of methoxy groups -OCH3 is 1. The van der Waals surface area contributed by atoms with Gasteiger partial charge in [0.05, 0.1) is 6.61 Å². The number of hydrogen-bond donors (Lipinski definition) is 1. The molecule has 2 nitrogen and oxygen atoms in total. The summed E-state index contributed by atoms with van der Waals surface area (Å²) in [6.45, 7) is 0.986. The van der Waals surface area contributed by atoms with Crippen LogP contribution in [0.4, 0.5) is 4.39 Å². The van der Waals surface area contributed by atoms with Crippen molar-refractivity contribution in [3.63, 3.8) is 0 Å².